The summed E-state index contributed by atoms with van der Waals surface area (Å²) < 4.78 is 47.7. The number of imide groups is 1. The summed E-state index contributed by atoms with van der Waals surface area (Å²) in [4.78, 5) is 44.3. The van der Waals surface area contributed by atoms with Crippen LogP contribution in [-0.4, -0.2) is 60.4 Å². The van der Waals surface area contributed by atoms with Gasteiger partial charge in [-0.15, -0.1) is 0 Å². The fraction of sp³-hybridized carbons (Fsp3) is 0.394. The summed E-state index contributed by atoms with van der Waals surface area (Å²) in [5.74, 6) is -0.144. The predicted octanol–water partition coefficient (Wildman–Crippen LogP) is 4.54. The number of ether oxygens (including phenoxy) is 1. The molecular formula is C33H34F3N5O4. The summed E-state index contributed by atoms with van der Waals surface area (Å²) in [6, 6.07) is 13.0. The first kappa shape index (κ1) is 30.6. The first-order valence-electron chi connectivity index (χ1n) is 15.0. The molecule has 2 fully saturated rings. The van der Waals surface area contributed by atoms with Crippen molar-refractivity contribution in [2.24, 2.45) is 5.92 Å². The topological polar surface area (TPSA) is 104 Å². The molecule has 0 spiro atoms. The maximum Gasteiger partial charge on any atom is 0.419 e. The molecule has 1 unspecified atom stereocenters. The predicted molar refractivity (Wildman–Crippen MR) is 160 cm³/mol. The number of fused-ring (bicyclic) bond motifs is 1. The van der Waals surface area contributed by atoms with E-state index in [1.54, 1.807) is 35.2 Å². The Kier molecular flexibility index (Phi) is 8.50. The number of pyridine rings is 1. The molecule has 6 rings (SSSR count). The number of carbonyl (C=O) groups excluding carboxylic acids is 3. The number of benzene rings is 2. The average Bonchev–Trinajstić information content (AvgIpc) is 3.35. The largest absolute Gasteiger partial charge is 0.497 e. The van der Waals surface area contributed by atoms with Crippen molar-refractivity contribution in [2.45, 2.75) is 51.0 Å². The van der Waals surface area contributed by atoms with Gasteiger partial charge in [0.1, 0.15) is 17.6 Å². The molecule has 3 aromatic rings. The molecule has 236 valence electrons. The van der Waals surface area contributed by atoms with Crippen molar-refractivity contribution in [1.29, 1.82) is 0 Å². The zero-order chi connectivity index (χ0) is 31.7. The highest BCUT2D eigenvalue weighted by atomic mass is 19.4. The van der Waals surface area contributed by atoms with Gasteiger partial charge in [0.05, 0.1) is 12.7 Å². The lowest BCUT2D eigenvalue weighted by atomic mass is 9.96. The smallest absolute Gasteiger partial charge is 0.419 e. The molecule has 3 aliphatic heterocycles. The highest BCUT2D eigenvalue weighted by Crippen LogP contribution is 2.39. The van der Waals surface area contributed by atoms with Crippen LogP contribution in [0, 0.1) is 5.92 Å². The van der Waals surface area contributed by atoms with Crippen LogP contribution in [0.25, 0.3) is 11.1 Å². The molecular weight excluding hydrogens is 587 g/mol. The summed E-state index contributed by atoms with van der Waals surface area (Å²) in [6.07, 6.45) is -1.08. The van der Waals surface area contributed by atoms with E-state index in [9.17, 15) is 27.6 Å². The second kappa shape index (κ2) is 12.5. The van der Waals surface area contributed by atoms with Gasteiger partial charge in [0.15, 0.2) is 0 Å². The van der Waals surface area contributed by atoms with Gasteiger partial charge in [-0.2, -0.15) is 13.2 Å². The van der Waals surface area contributed by atoms with Crippen molar-refractivity contribution >= 4 is 23.5 Å². The number of hydrogen-bond donors (Lipinski definition) is 2. The normalized spacial score (nSPS) is 19.1. The van der Waals surface area contributed by atoms with E-state index in [0.29, 0.717) is 67.5 Å². The molecule has 12 heteroatoms. The molecule has 9 nitrogen and oxygen atoms in total. The maximum atomic E-state index is 14.1. The number of nitrogens with zero attached hydrogens (tertiary/aromatic N) is 3. The lowest BCUT2D eigenvalue weighted by Crippen LogP contribution is -2.52. The number of aromatic nitrogens is 1. The van der Waals surface area contributed by atoms with Gasteiger partial charge in [0, 0.05) is 49.9 Å². The molecule has 0 saturated carbocycles. The van der Waals surface area contributed by atoms with Crippen LogP contribution in [0.2, 0.25) is 0 Å². The number of anilines is 1. The third kappa shape index (κ3) is 6.51. The number of carbonyl (C=O) groups is 3. The molecule has 3 amide bonds. The average molecular weight is 622 g/mol. The number of halogens is 3. The van der Waals surface area contributed by atoms with Gasteiger partial charge in [-0.25, -0.2) is 4.98 Å². The number of piperidine rings is 2. The molecule has 4 heterocycles. The first-order valence-corrected chi connectivity index (χ1v) is 15.0. The lowest BCUT2D eigenvalue weighted by molar-refractivity contribution is -0.138. The fourth-order valence-electron chi connectivity index (χ4n) is 6.39. The van der Waals surface area contributed by atoms with Crippen LogP contribution in [0.15, 0.2) is 54.7 Å². The Morgan fingerprint density at radius 1 is 1.02 bits per heavy atom. The summed E-state index contributed by atoms with van der Waals surface area (Å²) in [5.41, 5.74) is 2.65. The number of alkyl halides is 3. The van der Waals surface area contributed by atoms with Crippen molar-refractivity contribution in [1.82, 2.24) is 20.5 Å². The fourth-order valence-corrected chi connectivity index (χ4v) is 6.39. The van der Waals surface area contributed by atoms with E-state index in [1.165, 1.54) is 24.3 Å². The van der Waals surface area contributed by atoms with E-state index in [-0.39, 0.29) is 24.1 Å². The molecule has 0 bridgehead atoms. The monoisotopic (exact) mass is 621 g/mol. The highest BCUT2D eigenvalue weighted by molar-refractivity contribution is 6.05. The van der Waals surface area contributed by atoms with Gasteiger partial charge < -0.3 is 19.9 Å². The van der Waals surface area contributed by atoms with E-state index < -0.39 is 23.7 Å². The van der Waals surface area contributed by atoms with E-state index in [1.807, 2.05) is 12.1 Å². The molecule has 2 saturated heterocycles. The van der Waals surface area contributed by atoms with Crippen LogP contribution in [0.3, 0.4) is 0 Å². The molecule has 0 aliphatic carbocycles. The van der Waals surface area contributed by atoms with Crippen molar-refractivity contribution in [3.63, 3.8) is 0 Å². The quantitative estimate of drug-likeness (QED) is 0.356. The second-order valence-electron chi connectivity index (χ2n) is 11.8. The van der Waals surface area contributed by atoms with Gasteiger partial charge in [0.2, 0.25) is 11.8 Å². The Labute approximate surface area is 258 Å². The summed E-state index contributed by atoms with van der Waals surface area (Å²) in [7, 11) is 1.51. The van der Waals surface area contributed by atoms with Gasteiger partial charge >= 0.3 is 6.18 Å². The number of amides is 3. The van der Waals surface area contributed by atoms with Gasteiger partial charge in [-0.3, -0.25) is 19.7 Å². The molecule has 0 radical (unpaired) electrons. The van der Waals surface area contributed by atoms with Crippen LogP contribution in [0.1, 0.15) is 52.7 Å². The molecule has 1 aromatic heterocycles. The Bertz CT molecular complexity index is 1620. The van der Waals surface area contributed by atoms with Gasteiger partial charge in [-0.05, 0) is 72.7 Å². The van der Waals surface area contributed by atoms with Crippen molar-refractivity contribution in [2.75, 3.05) is 31.6 Å². The number of hydrogen-bond acceptors (Lipinski definition) is 7. The van der Waals surface area contributed by atoms with Crippen LogP contribution in [0.5, 0.6) is 5.75 Å². The number of nitrogens with one attached hydrogen (secondary N) is 2. The zero-order valence-electron chi connectivity index (χ0n) is 24.8. The summed E-state index contributed by atoms with van der Waals surface area (Å²) in [5, 5.41) is 5.78. The van der Waals surface area contributed by atoms with Crippen molar-refractivity contribution < 1.29 is 32.3 Å². The van der Waals surface area contributed by atoms with Crippen LogP contribution in [0.4, 0.5) is 19.0 Å². The van der Waals surface area contributed by atoms with E-state index in [0.717, 1.165) is 24.0 Å². The van der Waals surface area contributed by atoms with Gasteiger partial charge in [-0.1, -0.05) is 24.3 Å². The van der Waals surface area contributed by atoms with Crippen LogP contribution >= 0.6 is 0 Å². The minimum atomic E-state index is -4.55. The standard InChI is InChI=1S/C33H34F3N5O4/c1-45-25-4-2-3-22(14-25)23-15-27(33(34,35)36)30(38-18-23)40-11-9-20(10-12-40)16-37-17-21-5-6-26-24(13-21)19-41(32(26)44)28-7-8-29(42)39-31(28)43/h2-6,13-15,18,20,28,37H,7-12,16-17,19H2,1H3,(H,39,42,43). The number of methoxy groups -OCH3 is 1. The minimum absolute atomic E-state index is 0.0420. The molecule has 1 atom stereocenters. The van der Waals surface area contributed by atoms with Gasteiger partial charge in [0.25, 0.3) is 5.91 Å². The van der Waals surface area contributed by atoms with Crippen molar-refractivity contribution in [3.05, 3.63) is 77.0 Å². The summed E-state index contributed by atoms with van der Waals surface area (Å²) in [6.45, 7) is 2.55. The third-order valence-electron chi connectivity index (χ3n) is 8.84. The first-order chi connectivity index (χ1) is 21.6. The Morgan fingerprint density at radius 3 is 2.56 bits per heavy atom. The Hall–Kier alpha value is -4.45. The Balaban J connectivity index is 1.03. The second-order valence-corrected chi connectivity index (χ2v) is 11.8. The van der Waals surface area contributed by atoms with E-state index >= 15 is 0 Å². The molecule has 2 aromatic carbocycles. The van der Waals surface area contributed by atoms with E-state index in [4.69, 9.17) is 4.74 Å². The maximum absolute atomic E-state index is 14.1. The van der Waals surface area contributed by atoms with Crippen LogP contribution < -0.4 is 20.3 Å². The third-order valence-corrected chi connectivity index (χ3v) is 8.84. The highest BCUT2D eigenvalue weighted by Gasteiger charge is 2.39. The lowest BCUT2D eigenvalue weighted by Gasteiger charge is -2.34. The molecule has 3 aliphatic rings. The molecule has 45 heavy (non-hydrogen) atoms. The summed E-state index contributed by atoms with van der Waals surface area (Å²) >= 11 is 0. The Morgan fingerprint density at radius 2 is 1.82 bits per heavy atom. The van der Waals surface area contributed by atoms with Crippen molar-refractivity contribution in [3.8, 4) is 16.9 Å². The minimum Gasteiger partial charge on any atom is -0.497 e. The van der Waals surface area contributed by atoms with Crippen LogP contribution in [-0.2, 0) is 28.9 Å². The van der Waals surface area contributed by atoms with E-state index in [2.05, 4.69) is 15.6 Å². The molecule has 2 N–H and O–H groups in total. The zero-order valence-corrected chi connectivity index (χ0v) is 24.8. The number of rotatable bonds is 8. The SMILES string of the molecule is COc1cccc(-c2cnc(N3CCC(CNCc4ccc5c(c4)CN(C4CCC(=O)NC4=O)C5=O)CC3)c(C(F)(F)F)c2)c1.